The molecule has 0 aliphatic heterocycles. The molecule has 2 N–H and O–H groups in total. The van der Waals surface area contributed by atoms with Crippen LogP contribution in [0.1, 0.15) is 22.8 Å². The van der Waals surface area contributed by atoms with Crippen LogP contribution in [-0.2, 0) is 17.1 Å². The topological polar surface area (TPSA) is 110 Å². The molecule has 0 spiro atoms. The minimum Gasteiger partial charge on any atom is -0.361 e. The minimum absolute atomic E-state index is 0.0680. The Bertz CT molecular complexity index is 519. The van der Waals surface area contributed by atoms with Crippen LogP contribution in [0.15, 0.2) is 4.52 Å². The van der Waals surface area contributed by atoms with Gasteiger partial charge in [-0.2, -0.15) is 5.21 Å². The minimum atomic E-state index is -0.0680. The third-order valence-electron chi connectivity index (χ3n) is 2.49. The summed E-state index contributed by atoms with van der Waals surface area (Å²) in [4.78, 5) is 11.6. The molecule has 0 atom stereocenters. The van der Waals surface area contributed by atoms with Crippen molar-refractivity contribution in [3.05, 3.63) is 22.8 Å². The van der Waals surface area contributed by atoms with Crippen molar-refractivity contribution in [1.29, 1.82) is 0 Å². The van der Waals surface area contributed by atoms with Gasteiger partial charge in [0.05, 0.1) is 18.0 Å². The number of amides is 1. The average Bonchev–Trinajstić information content (AvgIpc) is 3.00. The van der Waals surface area contributed by atoms with Crippen molar-refractivity contribution in [2.75, 3.05) is 5.75 Å². The molecule has 9 heteroatoms. The molecule has 0 aliphatic carbocycles. The van der Waals surface area contributed by atoms with E-state index in [1.54, 1.807) is 0 Å². The van der Waals surface area contributed by atoms with E-state index in [1.165, 1.54) is 11.8 Å². The van der Waals surface area contributed by atoms with Crippen LogP contribution in [0.4, 0.5) is 0 Å². The first-order valence-corrected chi connectivity index (χ1v) is 6.81. The van der Waals surface area contributed by atoms with Gasteiger partial charge in [0.15, 0.2) is 5.82 Å². The summed E-state index contributed by atoms with van der Waals surface area (Å²) in [5.41, 5.74) is 1.92. The van der Waals surface area contributed by atoms with Gasteiger partial charge in [-0.05, 0) is 13.8 Å². The maximum Gasteiger partial charge on any atom is 0.230 e. The molecule has 19 heavy (non-hydrogen) atoms. The Kier molecular flexibility index (Phi) is 4.50. The summed E-state index contributed by atoms with van der Waals surface area (Å²) in [6.45, 7) is 4.04. The number of aromatic amines is 1. The quantitative estimate of drug-likeness (QED) is 0.786. The van der Waals surface area contributed by atoms with E-state index in [0.29, 0.717) is 17.3 Å². The van der Waals surface area contributed by atoms with Gasteiger partial charge in [0, 0.05) is 11.3 Å². The standard InChI is InChI=1S/C10H14N6O2S/c1-6-8(7(2)18-14-6)4-19-5-10(17)11-3-9-12-15-16-13-9/h3-5H2,1-2H3,(H,11,17)(H,12,13,15,16). The Labute approximate surface area is 113 Å². The lowest BCUT2D eigenvalue weighted by Crippen LogP contribution is -2.25. The van der Waals surface area contributed by atoms with Crippen molar-refractivity contribution in [3.63, 3.8) is 0 Å². The summed E-state index contributed by atoms with van der Waals surface area (Å²) in [6.07, 6.45) is 0. The highest BCUT2D eigenvalue weighted by Crippen LogP contribution is 2.19. The van der Waals surface area contributed by atoms with E-state index in [1.807, 2.05) is 13.8 Å². The van der Waals surface area contributed by atoms with E-state index >= 15 is 0 Å². The molecule has 0 fully saturated rings. The highest BCUT2D eigenvalue weighted by molar-refractivity contribution is 7.99. The van der Waals surface area contributed by atoms with Crippen LogP contribution in [-0.4, -0.2) is 37.4 Å². The average molecular weight is 282 g/mol. The Hall–Kier alpha value is -1.90. The van der Waals surface area contributed by atoms with Crippen molar-refractivity contribution in [1.82, 2.24) is 31.1 Å². The van der Waals surface area contributed by atoms with Gasteiger partial charge in [-0.25, -0.2) is 0 Å². The Balaban J connectivity index is 1.69. The van der Waals surface area contributed by atoms with Crippen molar-refractivity contribution < 1.29 is 9.32 Å². The van der Waals surface area contributed by atoms with Gasteiger partial charge in [0.2, 0.25) is 5.91 Å². The lowest BCUT2D eigenvalue weighted by molar-refractivity contribution is -0.118. The summed E-state index contributed by atoms with van der Waals surface area (Å²) < 4.78 is 5.06. The second kappa shape index (κ2) is 6.32. The molecule has 0 aliphatic rings. The SMILES string of the molecule is Cc1noc(C)c1CSCC(=O)NCc1nn[nH]n1. The van der Waals surface area contributed by atoms with Crippen LogP contribution in [0, 0.1) is 13.8 Å². The predicted molar refractivity (Wildman–Crippen MR) is 68.2 cm³/mol. The summed E-state index contributed by atoms with van der Waals surface area (Å²) >= 11 is 1.51. The smallest absolute Gasteiger partial charge is 0.230 e. The monoisotopic (exact) mass is 282 g/mol. The predicted octanol–water partition coefficient (Wildman–Crippen LogP) is 0.354. The number of hydrogen-bond acceptors (Lipinski definition) is 7. The first kappa shape index (κ1) is 13.5. The van der Waals surface area contributed by atoms with Crippen molar-refractivity contribution in [3.8, 4) is 0 Å². The summed E-state index contributed by atoms with van der Waals surface area (Å²) in [6, 6.07) is 0. The zero-order chi connectivity index (χ0) is 13.7. The zero-order valence-electron chi connectivity index (χ0n) is 10.6. The van der Waals surface area contributed by atoms with E-state index in [9.17, 15) is 4.79 Å². The molecule has 102 valence electrons. The number of aromatic nitrogens is 5. The molecule has 2 aromatic heterocycles. The molecule has 0 bridgehead atoms. The van der Waals surface area contributed by atoms with E-state index in [2.05, 4.69) is 31.1 Å². The Morgan fingerprint density at radius 1 is 1.47 bits per heavy atom. The zero-order valence-corrected chi connectivity index (χ0v) is 11.5. The van der Waals surface area contributed by atoms with Crippen LogP contribution in [0.3, 0.4) is 0 Å². The number of H-pyrrole nitrogens is 1. The van der Waals surface area contributed by atoms with Gasteiger partial charge in [0.1, 0.15) is 5.76 Å². The maximum absolute atomic E-state index is 11.6. The lowest BCUT2D eigenvalue weighted by Gasteiger charge is -2.02. The fourth-order valence-corrected chi connectivity index (χ4v) is 2.45. The van der Waals surface area contributed by atoms with Gasteiger partial charge >= 0.3 is 0 Å². The first-order chi connectivity index (χ1) is 9.16. The summed E-state index contributed by atoms with van der Waals surface area (Å²) in [5, 5.41) is 19.8. The maximum atomic E-state index is 11.6. The third kappa shape index (κ3) is 3.78. The van der Waals surface area contributed by atoms with Crippen LogP contribution >= 0.6 is 11.8 Å². The summed E-state index contributed by atoms with van der Waals surface area (Å²) in [7, 11) is 0. The Morgan fingerprint density at radius 2 is 2.32 bits per heavy atom. The molecule has 2 heterocycles. The largest absolute Gasteiger partial charge is 0.361 e. The van der Waals surface area contributed by atoms with Gasteiger partial charge in [0.25, 0.3) is 0 Å². The second-order valence-electron chi connectivity index (χ2n) is 3.90. The number of thioether (sulfide) groups is 1. The van der Waals surface area contributed by atoms with E-state index < -0.39 is 0 Å². The van der Waals surface area contributed by atoms with Gasteiger partial charge in [-0.3, -0.25) is 4.79 Å². The lowest BCUT2D eigenvalue weighted by atomic mass is 10.2. The number of nitrogens with zero attached hydrogens (tertiary/aromatic N) is 4. The van der Waals surface area contributed by atoms with Crippen LogP contribution < -0.4 is 5.32 Å². The van der Waals surface area contributed by atoms with Gasteiger partial charge in [-0.15, -0.1) is 22.0 Å². The van der Waals surface area contributed by atoms with Crippen molar-refractivity contribution in [2.24, 2.45) is 0 Å². The van der Waals surface area contributed by atoms with Crippen LogP contribution in [0.2, 0.25) is 0 Å². The highest BCUT2D eigenvalue weighted by atomic mass is 32.2. The van der Waals surface area contributed by atoms with Gasteiger partial charge < -0.3 is 9.84 Å². The van der Waals surface area contributed by atoms with Gasteiger partial charge in [-0.1, -0.05) is 10.4 Å². The number of carbonyl (C=O) groups excluding carboxylic acids is 1. The number of rotatable bonds is 6. The molecule has 8 nitrogen and oxygen atoms in total. The van der Waals surface area contributed by atoms with E-state index in [-0.39, 0.29) is 12.5 Å². The van der Waals surface area contributed by atoms with E-state index in [4.69, 9.17) is 4.52 Å². The molecule has 1 amide bonds. The fraction of sp³-hybridized carbons (Fsp3) is 0.500. The molecule has 0 radical (unpaired) electrons. The highest BCUT2D eigenvalue weighted by Gasteiger charge is 2.10. The Morgan fingerprint density at radius 3 is 2.95 bits per heavy atom. The third-order valence-corrected chi connectivity index (χ3v) is 3.45. The molecule has 0 saturated carbocycles. The van der Waals surface area contributed by atoms with Crippen molar-refractivity contribution in [2.45, 2.75) is 26.1 Å². The number of hydrogen-bond donors (Lipinski definition) is 2. The summed E-state index contributed by atoms with van der Waals surface area (Å²) in [5.74, 6) is 2.27. The number of carbonyl (C=O) groups is 1. The number of tetrazole rings is 1. The molecule has 2 rings (SSSR count). The molecule has 0 saturated heterocycles. The molecule has 0 unspecified atom stereocenters. The molecule has 0 aromatic carbocycles. The number of aryl methyl sites for hydroxylation is 2. The molecular weight excluding hydrogens is 268 g/mol. The first-order valence-electron chi connectivity index (χ1n) is 5.65. The molecular formula is C10H14N6O2S. The number of nitrogens with one attached hydrogen (secondary N) is 2. The fourth-order valence-electron chi connectivity index (χ4n) is 1.44. The molecule has 2 aromatic rings. The normalized spacial score (nSPS) is 10.6. The van der Waals surface area contributed by atoms with Crippen molar-refractivity contribution >= 4 is 17.7 Å². The van der Waals surface area contributed by atoms with E-state index in [0.717, 1.165) is 17.0 Å². The van der Waals surface area contributed by atoms with Crippen LogP contribution in [0.25, 0.3) is 0 Å². The second-order valence-corrected chi connectivity index (χ2v) is 4.89. The van der Waals surface area contributed by atoms with Crippen LogP contribution in [0.5, 0.6) is 0 Å².